The molecule has 0 unspecified atom stereocenters. The lowest BCUT2D eigenvalue weighted by Gasteiger charge is -2.29. The lowest BCUT2D eigenvalue weighted by Crippen LogP contribution is -2.26. The number of anilines is 2. The van der Waals surface area contributed by atoms with Gasteiger partial charge in [-0.3, -0.25) is 4.99 Å². The SMILES string of the molecule is C=NN(/C=N\C)c1ncc(Br)cc1-c1nc2cc(-c3cnc(N)nc3)ccc2n1C(C)(C)CC. The summed E-state index contributed by atoms with van der Waals surface area (Å²) in [6, 6.07) is 8.16. The fourth-order valence-corrected chi connectivity index (χ4v) is 4.08. The summed E-state index contributed by atoms with van der Waals surface area (Å²) in [6.07, 6.45) is 7.62. The maximum absolute atomic E-state index is 5.66. The largest absolute Gasteiger partial charge is 0.368 e. The van der Waals surface area contributed by atoms with Gasteiger partial charge in [0.15, 0.2) is 5.82 Å². The van der Waals surface area contributed by atoms with Gasteiger partial charge in [0.05, 0.1) is 16.6 Å². The second-order valence-corrected chi connectivity index (χ2v) is 9.27. The van der Waals surface area contributed by atoms with Crippen molar-refractivity contribution < 1.29 is 0 Å². The second-order valence-electron chi connectivity index (χ2n) is 8.35. The molecule has 10 heteroatoms. The molecule has 4 aromatic rings. The number of imidazole rings is 1. The van der Waals surface area contributed by atoms with Crippen LogP contribution in [0.3, 0.4) is 0 Å². The molecule has 34 heavy (non-hydrogen) atoms. The fraction of sp³-hybridized carbons (Fsp3) is 0.250. The molecule has 9 nitrogen and oxygen atoms in total. The van der Waals surface area contributed by atoms with Crippen molar-refractivity contribution in [3.63, 3.8) is 0 Å². The number of aliphatic imine (C=N–C) groups is 1. The van der Waals surface area contributed by atoms with Crippen molar-refractivity contribution in [2.24, 2.45) is 10.1 Å². The Balaban J connectivity index is 2.01. The number of hydrogen-bond donors (Lipinski definition) is 1. The van der Waals surface area contributed by atoms with Crippen LogP contribution in [0, 0.1) is 0 Å². The van der Waals surface area contributed by atoms with E-state index in [-0.39, 0.29) is 11.5 Å². The average Bonchev–Trinajstić information content (AvgIpc) is 3.23. The molecular weight excluding hydrogens is 494 g/mol. The van der Waals surface area contributed by atoms with Gasteiger partial charge in [0.1, 0.15) is 12.2 Å². The van der Waals surface area contributed by atoms with Crippen LogP contribution in [0.5, 0.6) is 0 Å². The molecule has 0 aliphatic heterocycles. The van der Waals surface area contributed by atoms with Crippen molar-refractivity contribution in [1.29, 1.82) is 0 Å². The van der Waals surface area contributed by atoms with E-state index in [0.717, 1.165) is 44.4 Å². The van der Waals surface area contributed by atoms with Gasteiger partial charge in [0.25, 0.3) is 0 Å². The van der Waals surface area contributed by atoms with Gasteiger partial charge >= 0.3 is 0 Å². The Labute approximate surface area is 206 Å². The van der Waals surface area contributed by atoms with Crippen LogP contribution in [0.25, 0.3) is 33.5 Å². The maximum atomic E-state index is 5.66. The first-order valence-corrected chi connectivity index (χ1v) is 11.5. The first-order chi connectivity index (χ1) is 16.3. The van der Waals surface area contributed by atoms with Crippen LogP contribution in [0.2, 0.25) is 0 Å². The molecule has 1 aromatic carbocycles. The summed E-state index contributed by atoms with van der Waals surface area (Å²) >= 11 is 3.57. The van der Waals surface area contributed by atoms with Crippen molar-refractivity contribution in [3.05, 3.63) is 47.3 Å². The number of rotatable bonds is 7. The summed E-state index contributed by atoms with van der Waals surface area (Å²) in [6.45, 7) is 10.2. The molecule has 0 aliphatic carbocycles. The molecule has 0 saturated heterocycles. The van der Waals surface area contributed by atoms with Crippen molar-refractivity contribution in [1.82, 2.24) is 24.5 Å². The molecule has 0 bridgehead atoms. The average molecular weight is 520 g/mol. The zero-order valence-electron chi connectivity index (χ0n) is 19.6. The van der Waals surface area contributed by atoms with Gasteiger partial charge in [-0.25, -0.2) is 24.9 Å². The molecule has 174 valence electrons. The van der Waals surface area contributed by atoms with Gasteiger partial charge in [-0.15, -0.1) is 0 Å². The number of aromatic nitrogens is 5. The summed E-state index contributed by atoms with van der Waals surface area (Å²) < 4.78 is 3.08. The number of nitrogens with two attached hydrogens (primary N) is 1. The molecule has 0 aliphatic rings. The Bertz CT molecular complexity index is 1370. The highest BCUT2D eigenvalue weighted by atomic mass is 79.9. The highest BCUT2D eigenvalue weighted by molar-refractivity contribution is 9.10. The molecule has 0 amide bonds. The quantitative estimate of drug-likeness (QED) is 0.206. The van der Waals surface area contributed by atoms with Crippen molar-refractivity contribution >= 4 is 51.8 Å². The van der Waals surface area contributed by atoms with E-state index in [1.807, 2.05) is 18.2 Å². The van der Waals surface area contributed by atoms with E-state index in [4.69, 9.17) is 10.7 Å². The smallest absolute Gasteiger partial charge is 0.219 e. The molecule has 0 spiro atoms. The molecule has 0 radical (unpaired) electrons. The summed E-state index contributed by atoms with van der Waals surface area (Å²) in [4.78, 5) is 22.0. The third kappa shape index (κ3) is 4.28. The normalized spacial score (nSPS) is 11.9. The molecular formula is C24H26BrN9. The predicted molar refractivity (Wildman–Crippen MR) is 142 cm³/mol. The Morgan fingerprint density at radius 1 is 1.15 bits per heavy atom. The van der Waals surface area contributed by atoms with Crippen LogP contribution in [0.1, 0.15) is 27.2 Å². The molecule has 0 saturated carbocycles. The van der Waals surface area contributed by atoms with Gasteiger partial charge in [0.2, 0.25) is 5.95 Å². The highest BCUT2D eigenvalue weighted by Crippen LogP contribution is 2.38. The van der Waals surface area contributed by atoms with E-state index in [9.17, 15) is 0 Å². The minimum absolute atomic E-state index is 0.221. The zero-order valence-corrected chi connectivity index (χ0v) is 21.2. The first-order valence-electron chi connectivity index (χ1n) is 10.7. The third-order valence-corrected chi connectivity index (χ3v) is 6.23. The molecule has 0 atom stereocenters. The number of pyridine rings is 1. The predicted octanol–water partition coefficient (Wildman–Crippen LogP) is 5.13. The van der Waals surface area contributed by atoms with E-state index in [1.165, 1.54) is 0 Å². The van der Waals surface area contributed by atoms with Gasteiger partial charge in [-0.2, -0.15) is 5.10 Å². The van der Waals surface area contributed by atoms with E-state index in [1.54, 1.807) is 37.0 Å². The third-order valence-electron chi connectivity index (χ3n) is 5.80. The van der Waals surface area contributed by atoms with Crippen LogP contribution < -0.4 is 10.7 Å². The van der Waals surface area contributed by atoms with Crippen LogP contribution in [-0.4, -0.2) is 44.6 Å². The van der Waals surface area contributed by atoms with Gasteiger partial charge < -0.3 is 10.3 Å². The zero-order chi connectivity index (χ0) is 24.5. The van der Waals surface area contributed by atoms with Crippen LogP contribution in [0.4, 0.5) is 11.8 Å². The van der Waals surface area contributed by atoms with E-state index in [2.05, 4.69) is 79.1 Å². The molecule has 3 aromatic heterocycles. The van der Waals surface area contributed by atoms with Gasteiger partial charge in [0, 0.05) is 47.9 Å². The Morgan fingerprint density at radius 3 is 2.53 bits per heavy atom. The van der Waals surface area contributed by atoms with Crippen LogP contribution in [-0.2, 0) is 5.54 Å². The number of hydrogen-bond acceptors (Lipinski definition) is 7. The number of nitrogens with zero attached hydrogens (tertiary/aromatic N) is 8. The molecule has 2 N–H and O–H groups in total. The maximum Gasteiger partial charge on any atom is 0.219 e. The van der Waals surface area contributed by atoms with E-state index >= 15 is 0 Å². The Hall–Kier alpha value is -3.66. The van der Waals surface area contributed by atoms with Gasteiger partial charge in [-0.1, -0.05) is 13.0 Å². The van der Waals surface area contributed by atoms with E-state index in [0.29, 0.717) is 5.82 Å². The number of fused-ring (bicyclic) bond motifs is 1. The number of nitrogen functional groups attached to an aromatic ring is 1. The molecule has 3 heterocycles. The first kappa shape index (κ1) is 23.5. The second kappa shape index (κ2) is 9.30. The Morgan fingerprint density at radius 2 is 1.88 bits per heavy atom. The Kier molecular flexibility index (Phi) is 6.43. The highest BCUT2D eigenvalue weighted by Gasteiger charge is 2.28. The summed E-state index contributed by atoms with van der Waals surface area (Å²) in [5, 5.41) is 5.63. The van der Waals surface area contributed by atoms with Crippen molar-refractivity contribution in [3.8, 4) is 22.5 Å². The van der Waals surface area contributed by atoms with Crippen LogP contribution in [0.15, 0.2) is 57.4 Å². The van der Waals surface area contributed by atoms with Crippen LogP contribution >= 0.6 is 15.9 Å². The lowest BCUT2D eigenvalue weighted by molar-refractivity contribution is 0.356. The number of halogens is 1. The number of benzene rings is 1. The topological polar surface area (TPSA) is 110 Å². The minimum Gasteiger partial charge on any atom is -0.368 e. The van der Waals surface area contributed by atoms with E-state index < -0.39 is 0 Å². The lowest BCUT2D eigenvalue weighted by atomic mass is 10.00. The molecule has 4 rings (SSSR count). The van der Waals surface area contributed by atoms with Crippen molar-refractivity contribution in [2.45, 2.75) is 32.7 Å². The summed E-state index contributed by atoms with van der Waals surface area (Å²) in [5.41, 5.74) is 9.92. The number of hydrazone groups is 1. The van der Waals surface area contributed by atoms with Crippen molar-refractivity contribution in [2.75, 3.05) is 17.8 Å². The summed E-state index contributed by atoms with van der Waals surface area (Å²) in [5.74, 6) is 1.60. The summed E-state index contributed by atoms with van der Waals surface area (Å²) in [7, 11) is 1.68. The molecule has 0 fully saturated rings. The standard InChI is InChI=1S/C24H26BrN9/c1-6-24(2,3)34-20-8-7-15(16-11-30-23(26)31-12-16)9-19(20)32-22(34)18-10-17(25)13-29-21(18)33(28-5)14-27-4/h7-14H,5-6H2,1-4H3,(H2,26,30,31)/b27-14-. The monoisotopic (exact) mass is 519 g/mol. The minimum atomic E-state index is -0.221. The van der Waals surface area contributed by atoms with Gasteiger partial charge in [-0.05, 0) is 60.0 Å². The fourth-order valence-electron chi connectivity index (χ4n) is 3.75.